The molecule has 0 unspecified atom stereocenters. The minimum absolute atomic E-state index is 0.237. The van der Waals surface area contributed by atoms with E-state index < -0.39 is 55.2 Å². The van der Waals surface area contributed by atoms with Gasteiger partial charge in [-0.05, 0) is 6.07 Å². The monoisotopic (exact) mass is 412 g/mol. The van der Waals surface area contributed by atoms with Crippen LogP contribution in [0.25, 0.3) is 0 Å². The highest BCUT2D eigenvalue weighted by Crippen LogP contribution is 2.31. The molecule has 1 heterocycles. The number of aliphatic hydroxyl groups is 2. The minimum atomic E-state index is -1.32. The first-order chi connectivity index (χ1) is 13.8. The molecule has 1 aliphatic rings. The van der Waals surface area contributed by atoms with E-state index in [0.717, 1.165) is 20.8 Å². The van der Waals surface area contributed by atoms with Gasteiger partial charge in [-0.25, -0.2) is 0 Å². The smallest absolute Gasteiger partial charge is 0.303 e. The summed E-state index contributed by atoms with van der Waals surface area (Å²) in [4.78, 5) is 34.9. The maximum absolute atomic E-state index is 11.7. The average molecular weight is 412 g/mol. The molecule has 10 nitrogen and oxygen atoms in total. The van der Waals surface area contributed by atoms with Gasteiger partial charge in [-0.3, -0.25) is 14.4 Å². The van der Waals surface area contributed by atoms with E-state index in [9.17, 15) is 24.6 Å². The molecule has 29 heavy (non-hydrogen) atoms. The van der Waals surface area contributed by atoms with Gasteiger partial charge in [0.15, 0.2) is 12.2 Å². The van der Waals surface area contributed by atoms with Gasteiger partial charge in [-0.2, -0.15) is 0 Å². The summed E-state index contributed by atoms with van der Waals surface area (Å²) in [6.45, 7) is 2.50. The normalized spacial score (nSPS) is 26.3. The van der Waals surface area contributed by atoms with E-state index >= 15 is 0 Å². The van der Waals surface area contributed by atoms with E-state index in [0.29, 0.717) is 5.56 Å². The largest absolute Gasteiger partial charge is 0.460 e. The summed E-state index contributed by atoms with van der Waals surface area (Å²) < 4.78 is 27.2. The molecule has 1 fully saturated rings. The lowest BCUT2D eigenvalue weighted by Crippen LogP contribution is -2.63. The number of carbonyl (C=O) groups is 3. The van der Waals surface area contributed by atoms with E-state index in [1.54, 1.807) is 24.3 Å². The number of aliphatic hydroxyl groups excluding tert-OH is 2. The van der Waals surface area contributed by atoms with Gasteiger partial charge in [0.05, 0.1) is 13.2 Å². The third kappa shape index (κ3) is 5.89. The third-order valence-electron chi connectivity index (χ3n) is 4.06. The van der Waals surface area contributed by atoms with E-state index in [1.807, 2.05) is 0 Å². The number of hydrogen-bond acceptors (Lipinski definition) is 10. The van der Waals surface area contributed by atoms with Crippen LogP contribution in [0.2, 0.25) is 0 Å². The molecule has 0 radical (unpaired) electrons. The highest BCUT2D eigenvalue weighted by molar-refractivity contribution is 5.68. The Hall–Kier alpha value is -2.69. The molecule has 2 N–H and O–H groups in total. The van der Waals surface area contributed by atoms with Crippen LogP contribution in [-0.2, 0) is 39.9 Å². The first-order valence-corrected chi connectivity index (χ1v) is 8.90. The van der Waals surface area contributed by atoms with Crippen molar-refractivity contribution in [1.29, 1.82) is 0 Å². The van der Waals surface area contributed by atoms with Crippen LogP contribution in [0.1, 0.15) is 26.3 Å². The van der Waals surface area contributed by atoms with Crippen LogP contribution in [0.3, 0.4) is 0 Å². The van der Waals surface area contributed by atoms with Crippen molar-refractivity contribution in [3.8, 4) is 5.75 Å². The van der Waals surface area contributed by atoms with Crippen molar-refractivity contribution in [2.75, 3.05) is 6.61 Å². The van der Waals surface area contributed by atoms with E-state index in [-0.39, 0.29) is 12.4 Å². The van der Waals surface area contributed by atoms with Gasteiger partial charge in [-0.15, -0.1) is 0 Å². The second-order valence-electron chi connectivity index (χ2n) is 6.33. The van der Waals surface area contributed by atoms with Crippen LogP contribution < -0.4 is 4.74 Å². The number of benzene rings is 1. The molecule has 0 spiro atoms. The van der Waals surface area contributed by atoms with E-state index in [2.05, 4.69) is 0 Å². The Morgan fingerprint density at radius 2 is 1.45 bits per heavy atom. The number of carbonyl (C=O) groups excluding carboxylic acids is 3. The molecule has 10 heteroatoms. The molecule has 0 bridgehead atoms. The van der Waals surface area contributed by atoms with Crippen molar-refractivity contribution in [1.82, 2.24) is 0 Å². The first-order valence-electron chi connectivity index (χ1n) is 8.90. The predicted molar refractivity (Wildman–Crippen MR) is 95.4 cm³/mol. The standard InChI is InChI=1S/C19H24O10/c1-10(22)25-16-15(9-21)29-19(28-14-7-5-4-6-13(14)8-20)18(27-12(3)24)17(16)26-11(2)23/h4-7,15-21H,8-9H2,1-3H3/t15-,16-,17+,18-,19-/m1/s1. The topological polar surface area (TPSA) is 138 Å². The Morgan fingerprint density at radius 1 is 0.897 bits per heavy atom. The van der Waals surface area contributed by atoms with Crippen molar-refractivity contribution in [2.24, 2.45) is 0 Å². The fraction of sp³-hybridized carbons (Fsp3) is 0.526. The zero-order chi connectivity index (χ0) is 21.6. The molecule has 0 aromatic heterocycles. The first kappa shape index (κ1) is 22.6. The van der Waals surface area contributed by atoms with Crippen LogP contribution in [0.4, 0.5) is 0 Å². The molecule has 0 saturated carbocycles. The molecule has 0 amide bonds. The van der Waals surface area contributed by atoms with Crippen LogP contribution in [-0.4, -0.2) is 65.4 Å². The van der Waals surface area contributed by atoms with Crippen LogP contribution in [0, 0.1) is 0 Å². The van der Waals surface area contributed by atoms with Crippen molar-refractivity contribution in [3.05, 3.63) is 29.8 Å². The van der Waals surface area contributed by atoms with Crippen molar-refractivity contribution >= 4 is 17.9 Å². The van der Waals surface area contributed by atoms with Gasteiger partial charge in [0.2, 0.25) is 12.4 Å². The SMILES string of the molecule is CC(=O)O[C@@H]1[C@@H](OC(C)=O)[C@H](Oc2ccccc2CO)O[C@H](CO)[C@H]1OC(C)=O. The minimum Gasteiger partial charge on any atom is -0.460 e. The Balaban J connectivity index is 2.43. The summed E-state index contributed by atoms with van der Waals surface area (Å²) in [6.07, 6.45) is -6.28. The second kappa shape index (κ2) is 10.2. The number of para-hydroxylation sites is 1. The maximum Gasteiger partial charge on any atom is 0.303 e. The molecule has 1 aliphatic heterocycles. The van der Waals surface area contributed by atoms with Crippen LogP contribution >= 0.6 is 0 Å². The van der Waals surface area contributed by atoms with Gasteiger partial charge in [-0.1, -0.05) is 18.2 Å². The third-order valence-corrected chi connectivity index (χ3v) is 4.06. The lowest BCUT2D eigenvalue weighted by molar-refractivity contribution is -0.288. The number of hydrogen-bond donors (Lipinski definition) is 2. The zero-order valence-corrected chi connectivity index (χ0v) is 16.3. The van der Waals surface area contributed by atoms with Gasteiger partial charge in [0, 0.05) is 26.3 Å². The molecule has 1 aromatic carbocycles. The molecule has 2 rings (SSSR count). The Bertz CT molecular complexity index is 733. The lowest BCUT2D eigenvalue weighted by Gasteiger charge is -2.43. The van der Waals surface area contributed by atoms with Gasteiger partial charge < -0.3 is 33.9 Å². The molecular weight excluding hydrogens is 388 g/mol. The molecule has 1 aromatic rings. The molecule has 1 saturated heterocycles. The molecular formula is C19H24O10. The quantitative estimate of drug-likeness (QED) is 0.467. The van der Waals surface area contributed by atoms with Crippen LogP contribution in [0.15, 0.2) is 24.3 Å². The number of esters is 3. The summed E-state index contributed by atoms with van der Waals surface area (Å²) in [5.41, 5.74) is 0.435. The van der Waals surface area contributed by atoms with Crippen molar-refractivity contribution in [3.63, 3.8) is 0 Å². The number of rotatable bonds is 7. The molecule has 5 atom stereocenters. The van der Waals surface area contributed by atoms with Crippen LogP contribution in [0.5, 0.6) is 5.75 Å². The van der Waals surface area contributed by atoms with Gasteiger partial charge in [0.25, 0.3) is 0 Å². The molecule has 0 aliphatic carbocycles. The Kier molecular flexibility index (Phi) is 7.94. The summed E-state index contributed by atoms with van der Waals surface area (Å²) in [6, 6.07) is 6.53. The fourth-order valence-corrected chi connectivity index (χ4v) is 2.97. The number of ether oxygens (including phenoxy) is 5. The van der Waals surface area contributed by atoms with E-state index in [4.69, 9.17) is 23.7 Å². The maximum atomic E-state index is 11.7. The van der Waals surface area contributed by atoms with E-state index in [1.165, 1.54) is 0 Å². The van der Waals surface area contributed by atoms with Crippen molar-refractivity contribution in [2.45, 2.75) is 58.1 Å². The summed E-state index contributed by atoms with van der Waals surface area (Å²) >= 11 is 0. The average Bonchev–Trinajstić information content (AvgIpc) is 2.65. The Labute approximate surface area is 167 Å². The zero-order valence-electron chi connectivity index (χ0n) is 16.3. The Morgan fingerprint density at radius 3 is 2.00 bits per heavy atom. The summed E-state index contributed by atoms with van der Waals surface area (Å²) in [5, 5.41) is 19.2. The molecule has 160 valence electrons. The van der Waals surface area contributed by atoms with Gasteiger partial charge >= 0.3 is 17.9 Å². The van der Waals surface area contributed by atoms with Gasteiger partial charge in [0.1, 0.15) is 11.9 Å². The predicted octanol–water partition coefficient (Wildman–Crippen LogP) is 0.0700. The second-order valence-corrected chi connectivity index (χ2v) is 6.33. The summed E-state index contributed by atoms with van der Waals surface area (Å²) in [5.74, 6) is -1.91. The van der Waals surface area contributed by atoms with Crippen molar-refractivity contribution < 1.29 is 48.3 Å². The summed E-state index contributed by atoms with van der Waals surface area (Å²) in [7, 11) is 0. The highest BCUT2D eigenvalue weighted by Gasteiger charge is 2.52. The fourth-order valence-electron chi connectivity index (χ4n) is 2.97. The lowest BCUT2D eigenvalue weighted by atomic mass is 9.98. The highest BCUT2D eigenvalue weighted by atomic mass is 16.7.